The van der Waals surface area contributed by atoms with Crippen LogP contribution in [0.1, 0.15) is 30.3 Å². The molecule has 7 heteroatoms. The molecule has 6 nitrogen and oxygen atoms in total. The highest BCUT2D eigenvalue weighted by atomic mass is 35.5. The van der Waals surface area contributed by atoms with E-state index < -0.39 is 0 Å². The molecular formula is C23H23ClN4O2. The van der Waals surface area contributed by atoms with Crippen LogP contribution in [0.5, 0.6) is 5.75 Å². The van der Waals surface area contributed by atoms with Crippen molar-refractivity contribution in [2.24, 2.45) is 0 Å². The van der Waals surface area contributed by atoms with Crippen molar-refractivity contribution in [3.05, 3.63) is 64.4 Å². The van der Waals surface area contributed by atoms with Gasteiger partial charge in [-0.15, -0.1) is 0 Å². The van der Waals surface area contributed by atoms with Gasteiger partial charge in [-0.25, -0.2) is 9.50 Å². The van der Waals surface area contributed by atoms with Crippen molar-refractivity contribution in [2.45, 2.75) is 33.6 Å². The zero-order valence-corrected chi connectivity index (χ0v) is 18.0. The van der Waals surface area contributed by atoms with Crippen molar-refractivity contribution < 1.29 is 9.53 Å². The van der Waals surface area contributed by atoms with Crippen LogP contribution in [0.4, 0.5) is 5.69 Å². The predicted octanol–water partition coefficient (Wildman–Crippen LogP) is 5.12. The van der Waals surface area contributed by atoms with Crippen LogP contribution in [0.3, 0.4) is 0 Å². The number of anilines is 1. The molecule has 2 aromatic heterocycles. The molecule has 0 saturated carbocycles. The Bertz CT molecular complexity index is 1250. The van der Waals surface area contributed by atoms with E-state index in [1.165, 1.54) is 0 Å². The molecule has 0 bridgehead atoms. The van der Waals surface area contributed by atoms with Gasteiger partial charge in [-0.2, -0.15) is 5.10 Å². The number of hydrogen-bond acceptors (Lipinski definition) is 4. The van der Waals surface area contributed by atoms with E-state index in [1.54, 1.807) is 18.2 Å². The third kappa shape index (κ3) is 3.83. The highest BCUT2D eigenvalue weighted by Gasteiger charge is 2.16. The Morgan fingerprint density at radius 2 is 2.00 bits per heavy atom. The molecule has 1 amide bonds. The van der Waals surface area contributed by atoms with Crippen molar-refractivity contribution in [3.63, 3.8) is 0 Å². The molecule has 0 atom stereocenters. The Morgan fingerprint density at radius 1 is 1.20 bits per heavy atom. The number of nitrogens with zero attached hydrogens (tertiary/aromatic N) is 3. The van der Waals surface area contributed by atoms with Gasteiger partial charge in [0.1, 0.15) is 5.75 Å². The number of ether oxygens (including phenoxy) is 1. The van der Waals surface area contributed by atoms with Gasteiger partial charge in [-0.3, -0.25) is 4.79 Å². The van der Waals surface area contributed by atoms with Crippen LogP contribution >= 0.6 is 11.6 Å². The van der Waals surface area contributed by atoms with Gasteiger partial charge in [0.15, 0.2) is 5.65 Å². The topological polar surface area (TPSA) is 68.5 Å². The van der Waals surface area contributed by atoms with Crippen LogP contribution in [-0.4, -0.2) is 27.1 Å². The smallest absolute Gasteiger partial charge is 0.224 e. The van der Waals surface area contributed by atoms with E-state index in [4.69, 9.17) is 21.3 Å². The maximum atomic E-state index is 12.6. The van der Waals surface area contributed by atoms with Crippen LogP contribution in [-0.2, 0) is 11.2 Å². The summed E-state index contributed by atoms with van der Waals surface area (Å²) in [5.41, 5.74) is 5.27. The normalized spacial score (nSPS) is 11.2. The number of amides is 1. The number of fused-ring (bicyclic) bond motifs is 3. The summed E-state index contributed by atoms with van der Waals surface area (Å²) in [4.78, 5) is 17.4. The molecule has 0 aliphatic carbocycles. The summed E-state index contributed by atoms with van der Waals surface area (Å²) in [7, 11) is 0. The van der Waals surface area contributed by atoms with E-state index in [-0.39, 0.29) is 5.91 Å². The molecule has 2 aromatic carbocycles. The molecule has 1 N–H and O–H groups in total. The minimum absolute atomic E-state index is 0.109. The average Bonchev–Trinajstić information content (AvgIpc) is 3.09. The first kappa shape index (κ1) is 20.2. The van der Waals surface area contributed by atoms with Gasteiger partial charge < -0.3 is 10.1 Å². The lowest BCUT2D eigenvalue weighted by Gasteiger charge is -2.13. The second-order valence-corrected chi connectivity index (χ2v) is 7.57. The molecule has 0 unspecified atom stereocenters. The molecule has 0 aliphatic heterocycles. The number of aromatic nitrogens is 3. The van der Waals surface area contributed by atoms with E-state index in [2.05, 4.69) is 10.4 Å². The molecule has 30 heavy (non-hydrogen) atoms. The summed E-state index contributed by atoms with van der Waals surface area (Å²) in [6, 6.07) is 13.2. The quantitative estimate of drug-likeness (QED) is 0.468. The summed E-state index contributed by atoms with van der Waals surface area (Å²) < 4.78 is 7.45. The SMILES string of the molecule is CCOc1ccc(Cl)cc1NC(=O)CCc1c(C)nc2c3ccccc3nn2c1C. The highest BCUT2D eigenvalue weighted by Crippen LogP contribution is 2.28. The van der Waals surface area contributed by atoms with Gasteiger partial charge in [0, 0.05) is 28.2 Å². The van der Waals surface area contributed by atoms with Gasteiger partial charge in [0.25, 0.3) is 0 Å². The Labute approximate surface area is 179 Å². The van der Waals surface area contributed by atoms with Crippen LogP contribution in [0.15, 0.2) is 42.5 Å². The Morgan fingerprint density at radius 3 is 2.80 bits per heavy atom. The third-order valence-corrected chi connectivity index (χ3v) is 5.37. The summed E-state index contributed by atoms with van der Waals surface area (Å²) in [6.07, 6.45) is 0.876. The first-order valence-corrected chi connectivity index (χ1v) is 10.3. The van der Waals surface area contributed by atoms with Crippen molar-refractivity contribution in [1.29, 1.82) is 0 Å². The molecule has 154 valence electrons. The molecule has 0 saturated heterocycles. The molecule has 0 spiro atoms. The minimum atomic E-state index is -0.109. The number of rotatable bonds is 6. The fourth-order valence-electron chi connectivity index (χ4n) is 3.67. The highest BCUT2D eigenvalue weighted by molar-refractivity contribution is 6.31. The van der Waals surface area contributed by atoms with Crippen LogP contribution < -0.4 is 10.1 Å². The van der Waals surface area contributed by atoms with E-state index in [1.807, 2.05) is 49.6 Å². The predicted molar refractivity (Wildman–Crippen MR) is 120 cm³/mol. The second kappa shape index (κ2) is 8.32. The zero-order chi connectivity index (χ0) is 21.3. The molecule has 4 rings (SSSR count). The lowest BCUT2D eigenvalue weighted by Crippen LogP contribution is -2.15. The summed E-state index contributed by atoms with van der Waals surface area (Å²) in [5, 5.41) is 9.16. The largest absolute Gasteiger partial charge is 0.492 e. The number of aryl methyl sites for hydroxylation is 2. The summed E-state index contributed by atoms with van der Waals surface area (Å²) >= 11 is 6.08. The van der Waals surface area contributed by atoms with Gasteiger partial charge in [0.05, 0.1) is 17.8 Å². The maximum Gasteiger partial charge on any atom is 0.224 e. The van der Waals surface area contributed by atoms with Gasteiger partial charge in [-0.05, 0) is 63.1 Å². The summed E-state index contributed by atoms with van der Waals surface area (Å²) in [6.45, 7) is 6.40. The number of benzene rings is 2. The lowest BCUT2D eigenvalue weighted by molar-refractivity contribution is -0.116. The first-order valence-electron chi connectivity index (χ1n) is 9.93. The van der Waals surface area contributed by atoms with Crippen molar-refractivity contribution in [2.75, 3.05) is 11.9 Å². The van der Waals surface area contributed by atoms with Crippen molar-refractivity contribution in [3.8, 4) is 5.75 Å². The lowest BCUT2D eigenvalue weighted by atomic mass is 10.1. The van der Waals surface area contributed by atoms with Crippen LogP contribution in [0.25, 0.3) is 16.6 Å². The molecular weight excluding hydrogens is 400 g/mol. The van der Waals surface area contributed by atoms with E-state index in [9.17, 15) is 4.79 Å². The monoisotopic (exact) mass is 422 g/mol. The number of nitrogens with one attached hydrogen (secondary N) is 1. The van der Waals surface area contributed by atoms with Crippen molar-refractivity contribution in [1.82, 2.24) is 14.6 Å². The Kier molecular flexibility index (Phi) is 5.59. The van der Waals surface area contributed by atoms with Crippen LogP contribution in [0.2, 0.25) is 5.02 Å². The molecule has 4 aromatic rings. The molecule has 0 radical (unpaired) electrons. The minimum Gasteiger partial charge on any atom is -0.492 e. The van der Waals surface area contributed by atoms with Crippen molar-refractivity contribution >= 4 is 39.7 Å². The summed E-state index contributed by atoms with van der Waals surface area (Å²) in [5.74, 6) is 0.497. The third-order valence-electron chi connectivity index (χ3n) is 5.14. The second-order valence-electron chi connectivity index (χ2n) is 7.14. The van der Waals surface area contributed by atoms with Gasteiger partial charge >= 0.3 is 0 Å². The number of halogens is 1. The fourth-order valence-corrected chi connectivity index (χ4v) is 3.84. The fraction of sp³-hybridized carbons (Fsp3) is 0.261. The number of carbonyl (C=O) groups excluding carboxylic acids is 1. The number of carbonyl (C=O) groups is 1. The molecule has 0 aliphatic rings. The van der Waals surface area contributed by atoms with Crippen LogP contribution in [0, 0.1) is 13.8 Å². The van der Waals surface area contributed by atoms with Gasteiger partial charge in [0.2, 0.25) is 5.91 Å². The standard InChI is InChI=1S/C23H23ClN4O2/c1-4-30-21-11-9-16(24)13-20(21)26-22(29)12-10-17-14(2)25-23-18-7-5-6-8-19(18)27-28(23)15(17)3/h5-9,11,13H,4,10,12H2,1-3H3,(H,26,29). The van der Waals surface area contributed by atoms with Gasteiger partial charge in [-0.1, -0.05) is 23.7 Å². The maximum absolute atomic E-state index is 12.6. The zero-order valence-electron chi connectivity index (χ0n) is 17.2. The van der Waals surface area contributed by atoms with E-state index >= 15 is 0 Å². The Hall–Kier alpha value is -3.12. The van der Waals surface area contributed by atoms with E-state index in [0.29, 0.717) is 35.9 Å². The average molecular weight is 423 g/mol. The first-order chi connectivity index (χ1) is 14.5. The molecule has 0 fully saturated rings. The number of hydrogen-bond donors (Lipinski definition) is 1. The molecule has 2 heterocycles. The van der Waals surface area contributed by atoms with E-state index in [0.717, 1.165) is 33.5 Å². The Balaban J connectivity index is 1.56.